The molecule has 108 valence electrons. The maximum Gasteiger partial charge on any atom is 0.165 e. The Labute approximate surface area is 125 Å². The van der Waals surface area contributed by atoms with Crippen LogP contribution in [-0.2, 0) is 0 Å². The molecule has 1 unspecified atom stereocenters. The molecular formula is C15H13ClFN3O. The van der Waals surface area contributed by atoms with E-state index in [1.807, 2.05) is 0 Å². The number of nitrogen functional groups attached to an aromatic ring is 1. The van der Waals surface area contributed by atoms with Crippen molar-refractivity contribution in [2.24, 2.45) is 0 Å². The fourth-order valence-electron chi connectivity index (χ4n) is 2.31. The van der Waals surface area contributed by atoms with Gasteiger partial charge in [0.1, 0.15) is 11.9 Å². The number of benzene rings is 2. The van der Waals surface area contributed by atoms with Crippen LogP contribution < -0.4 is 5.73 Å². The number of hydrogen-bond acceptors (Lipinski definition) is 3. The Morgan fingerprint density at radius 3 is 2.81 bits per heavy atom. The molecule has 21 heavy (non-hydrogen) atoms. The Morgan fingerprint density at radius 1 is 1.33 bits per heavy atom. The second kappa shape index (κ2) is 5.02. The molecule has 3 N–H and O–H groups in total. The van der Waals surface area contributed by atoms with E-state index in [1.54, 1.807) is 41.8 Å². The number of aliphatic hydroxyl groups excluding tert-OH is 1. The molecular weight excluding hydrogens is 293 g/mol. The van der Waals surface area contributed by atoms with Crippen molar-refractivity contribution in [1.82, 2.24) is 9.55 Å². The van der Waals surface area contributed by atoms with Crippen LogP contribution >= 0.6 is 11.6 Å². The van der Waals surface area contributed by atoms with Gasteiger partial charge in [-0.3, -0.25) is 4.57 Å². The Morgan fingerprint density at radius 2 is 2.10 bits per heavy atom. The molecule has 0 saturated carbocycles. The average molecular weight is 306 g/mol. The van der Waals surface area contributed by atoms with E-state index in [9.17, 15) is 9.50 Å². The van der Waals surface area contributed by atoms with E-state index < -0.39 is 11.9 Å². The highest BCUT2D eigenvalue weighted by atomic mass is 35.5. The summed E-state index contributed by atoms with van der Waals surface area (Å²) in [5.41, 5.74) is 7.78. The minimum Gasteiger partial charge on any atom is -0.399 e. The van der Waals surface area contributed by atoms with Gasteiger partial charge >= 0.3 is 0 Å². The standard InChI is InChI=1S/C15H13ClFN3O/c1-8(21)15-19-11-7-9(18)5-6-12(11)20(15)13-4-2-3-10(16)14(13)17/h2-8,21H,18H2,1H3. The predicted molar refractivity (Wildman–Crippen MR) is 81.1 cm³/mol. The molecule has 6 heteroatoms. The molecule has 0 aliphatic carbocycles. The number of anilines is 1. The maximum atomic E-state index is 14.3. The summed E-state index contributed by atoms with van der Waals surface area (Å²) in [7, 11) is 0. The summed E-state index contributed by atoms with van der Waals surface area (Å²) in [4.78, 5) is 4.34. The van der Waals surface area contributed by atoms with E-state index in [2.05, 4.69) is 4.98 Å². The van der Waals surface area contributed by atoms with Gasteiger partial charge in [-0.2, -0.15) is 0 Å². The summed E-state index contributed by atoms with van der Waals surface area (Å²) in [6, 6.07) is 9.83. The average Bonchev–Trinajstić information content (AvgIpc) is 2.80. The molecule has 0 bridgehead atoms. The highest BCUT2D eigenvalue weighted by molar-refractivity contribution is 6.30. The van der Waals surface area contributed by atoms with Gasteiger partial charge in [0.2, 0.25) is 0 Å². The summed E-state index contributed by atoms with van der Waals surface area (Å²) in [5, 5.41) is 9.94. The van der Waals surface area contributed by atoms with Gasteiger partial charge in [-0.05, 0) is 37.3 Å². The Kier molecular flexibility index (Phi) is 3.31. The minimum absolute atomic E-state index is 0.0151. The third-order valence-electron chi connectivity index (χ3n) is 3.25. The van der Waals surface area contributed by atoms with Crippen LogP contribution in [0.15, 0.2) is 36.4 Å². The number of fused-ring (bicyclic) bond motifs is 1. The van der Waals surface area contributed by atoms with Crippen molar-refractivity contribution in [3.8, 4) is 5.69 Å². The fourth-order valence-corrected chi connectivity index (χ4v) is 2.48. The summed E-state index contributed by atoms with van der Waals surface area (Å²) >= 11 is 5.85. The summed E-state index contributed by atoms with van der Waals surface area (Å²) < 4.78 is 15.9. The maximum absolute atomic E-state index is 14.3. The first kappa shape index (κ1) is 13.9. The van der Waals surface area contributed by atoms with E-state index in [0.29, 0.717) is 22.5 Å². The van der Waals surface area contributed by atoms with Crippen LogP contribution in [0.5, 0.6) is 0 Å². The topological polar surface area (TPSA) is 64.1 Å². The van der Waals surface area contributed by atoms with Gasteiger partial charge in [0.25, 0.3) is 0 Å². The molecule has 2 aromatic carbocycles. The molecule has 1 heterocycles. The van der Waals surface area contributed by atoms with Gasteiger partial charge in [-0.15, -0.1) is 0 Å². The highest BCUT2D eigenvalue weighted by Gasteiger charge is 2.19. The van der Waals surface area contributed by atoms with Crippen molar-refractivity contribution in [3.63, 3.8) is 0 Å². The number of halogens is 2. The van der Waals surface area contributed by atoms with Gasteiger partial charge in [-0.25, -0.2) is 9.37 Å². The van der Waals surface area contributed by atoms with E-state index in [4.69, 9.17) is 17.3 Å². The molecule has 3 aromatic rings. The van der Waals surface area contributed by atoms with Gasteiger partial charge in [0.05, 0.1) is 21.7 Å². The van der Waals surface area contributed by atoms with Crippen molar-refractivity contribution in [2.75, 3.05) is 5.73 Å². The van der Waals surface area contributed by atoms with Crippen LogP contribution in [-0.4, -0.2) is 14.7 Å². The molecule has 1 atom stereocenters. The molecule has 0 aliphatic rings. The Bertz CT molecular complexity index is 829. The molecule has 3 rings (SSSR count). The van der Waals surface area contributed by atoms with Crippen molar-refractivity contribution in [3.05, 3.63) is 53.1 Å². The van der Waals surface area contributed by atoms with E-state index >= 15 is 0 Å². The monoisotopic (exact) mass is 305 g/mol. The number of imidazole rings is 1. The lowest BCUT2D eigenvalue weighted by molar-refractivity contribution is 0.187. The Hall–Kier alpha value is -2.11. The lowest BCUT2D eigenvalue weighted by atomic mass is 10.2. The van der Waals surface area contributed by atoms with Crippen molar-refractivity contribution in [1.29, 1.82) is 0 Å². The number of nitrogens with two attached hydrogens (primary N) is 1. The van der Waals surface area contributed by atoms with E-state index in [1.165, 1.54) is 6.07 Å². The first-order chi connectivity index (χ1) is 9.99. The largest absolute Gasteiger partial charge is 0.399 e. The van der Waals surface area contributed by atoms with Crippen LogP contribution in [0.25, 0.3) is 16.7 Å². The molecule has 4 nitrogen and oxygen atoms in total. The zero-order valence-corrected chi connectivity index (χ0v) is 12.0. The molecule has 0 saturated heterocycles. The summed E-state index contributed by atoms with van der Waals surface area (Å²) in [6.45, 7) is 1.57. The zero-order chi connectivity index (χ0) is 15.1. The molecule has 0 amide bonds. The van der Waals surface area contributed by atoms with E-state index in [0.717, 1.165) is 0 Å². The van der Waals surface area contributed by atoms with Gasteiger partial charge in [-0.1, -0.05) is 17.7 Å². The van der Waals surface area contributed by atoms with Crippen LogP contribution in [0.3, 0.4) is 0 Å². The molecule has 1 aromatic heterocycles. The zero-order valence-electron chi connectivity index (χ0n) is 11.2. The number of nitrogens with zero attached hydrogens (tertiary/aromatic N) is 2. The first-order valence-electron chi connectivity index (χ1n) is 6.39. The molecule has 0 radical (unpaired) electrons. The molecule has 0 aliphatic heterocycles. The van der Waals surface area contributed by atoms with Crippen molar-refractivity contribution < 1.29 is 9.50 Å². The highest BCUT2D eigenvalue weighted by Crippen LogP contribution is 2.30. The number of hydrogen-bond donors (Lipinski definition) is 2. The molecule has 0 spiro atoms. The van der Waals surface area contributed by atoms with Gasteiger partial charge in [0, 0.05) is 5.69 Å². The second-order valence-corrected chi connectivity index (χ2v) is 5.21. The van der Waals surface area contributed by atoms with Gasteiger partial charge in [0.15, 0.2) is 5.82 Å². The molecule has 0 fully saturated rings. The smallest absolute Gasteiger partial charge is 0.165 e. The SMILES string of the molecule is CC(O)c1nc2cc(N)ccc2n1-c1cccc(Cl)c1F. The van der Waals surface area contributed by atoms with Crippen LogP contribution in [0.2, 0.25) is 5.02 Å². The minimum atomic E-state index is -0.864. The Balaban J connectivity index is 2.39. The third kappa shape index (κ3) is 2.24. The number of aromatic nitrogens is 2. The van der Waals surface area contributed by atoms with Crippen LogP contribution in [0.4, 0.5) is 10.1 Å². The van der Waals surface area contributed by atoms with Gasteiger partial charge < -0.3 is 10.8 Å². The lowest BCUT2D eigenvalue weighted by Crippen LogP contribution is -2.06. The fraction of sp³-hybridized carbons (Fsp3) is 0.133. The second-order valence-electron chi connectivity index (χ2n) is 4.80. The quantitative estimate of drug-likeness (QED) is 0.713. The predicted octanol–water partition coefficient (Wildman–Crippen LogP) is 3.45. The van der Waals surface area contributed by atoms with Crippen LogP contribution in [0, 0.1) is 5.82 Å². The van der Waals surface area contributed by atoms with E-state index in [-0.39, 0.29) is 10.7 Å². The summed E-state index contributed by atoms with van der Waals surface area (Å²) in [5.74, 6) is -0.228. The normalized spacial score (nSPS) is 12.8. The van der Waals surface area contributed by atoms with Crippen molar-refractivity contribution >= 4 is 28.3 Å². The lowest BCUT2D eigenvalue weighted by Gasteiger charge is -2.12. The third-order valence-corrected chi connectivity index (χ3v) is 3.54. The first-order valence-corrected chi connectivity index (χ1v) is 6.77. The number of rotatable bonds is 2. The summed E-state index contributed by atoms with van der Waals surface area (Å²) in [6.07, 6.45) is -0.864. The number of aliphatic hydroxyl groups is 1. The van der Waals surface area contributed by atoms with Crippen LogP contribution in [0.1, 0.15) is 18.9 Å². The van der Waals surface area contributed by atoms with Crippen molar-refractivity contribution in [2.45, 2.75) is 13.0 Å².